The number of amides is 1. The molecule has 2 aromatic heterocycles. The van der Waals surface area contributed by atoms with Crippen molar-refractivity contribution in [2.45, 2.75) is 32.1 Å². The first-order valence-electron chi connectivity index (χ1n) is 7.68. The Labute approximate surface area is 123 Å². The lowest BCUT2D eigenvalue weighted by atomic mass is 9.93. The topological polar surface area (TPSA) is 74.8 Å². The Balaban J connectivity index is 1.46. The SMILES string of the molecule is CC1CC1C(=O)N1CCC(c2[nH]nc3nccnc23)CC1. The number of likely N-dealkylation sites (tertiary alicyclic amines) is 1. The van der Waals surface area contributed by atoms with E-state index >= 15 is 0 Å². The number of hydrogen-bond acceptors (Lipinski definition) is 4. The second kappa shape index (κ2) is 4.79. The van der Waals surface area contributed by atoms with E-state index in [-0.39, 0.29) is 0 Å². The first kappa shape index (κ1) is 12.7. The molecule has 0 spiro atoms. The number of hydrogen-bond donors (Lipinski definition) is 1. The molecule has 1 aliphatic heterocycles. The van der Waals surface area contributed by atoms with Gasteiger partial charge in [-0.25, -0.2) is 9.97 Å². The highest BCUT2D eigenvalue weighted by Crippen LogP contribution is 2.40. The van der Waals surface area contributed by atoms with Crippen molar-refractivity contribution in [1.82, 2.24) is 25.1 Å². The molecule has 2 aliphatic rings. The quantitative estimate of drug-likeness (QED) is 0.911. The highest BCUT2D eigenvalue weighted by molar-refractivity contribution is 5.81. The lowest BCUT2D eigenvalue weighted by molar-refractivity contribution is -0.133. The fraction of sp³-hybridized carbons (Fsp3) is 0.600. The minimum Gasteiger partial charge on any atom is -0.342 e. The molecule has 1 amide bonds. The van der Waals surface area contributed by atoms with Crippen LogP contribution in [0.2, 0.25) is 0 Å². The van der Waals surface area contributed by atoms with E-state index < -0.39 is 0 Å². The summed E-state index contributed by atoms with van der Waals surface area (Å²) in [6.45, 7) is 3.84. The van der Waals surface area contributed by atoms with Crippen molar-refractivity contribution in [1.29, 1.82) is 0 Å². The van der Waals surface area contributed by atoms with E-state index in [2.05, 4.69) is 27.1 Å². The van der Waals surface area contributed by atoms with Crippen LogP contribution in [0, 0.1) is 11.8 Å². The Morgan fingerprint density at radius 1 is 1.29 bits per heavy atom. The van der Waals surface area contributed by atoms with Gasteiger partial charge in [-0.05, 0) is 25.2 Å². The number of aromatic amines is 1. The molecule has 2 aromatic rings. The van der Waals surface area contributed by atoms with Gasteiger partial charge in [0.1, 0.15) is 5.52 Å². The molecule has 0 aromatic carbocycles. The second-order valence-electron chi connectivity index (χ2n) is 6.28. The molecule has 110 valence electrons. The molecule has 4 rings (SSSR count). The van der Waals surface area contributed by atoms with E-state index in [1.54, 1.807) is 12.4 Å². The Kier molecular flexibility index (Phi) is 2.90. The van der Waals surface area contributed by atoms with Crippen LogP contribution in [-0.2, 0) is 4.79 Å². The molecule has 2 fully saturated rings. The summed E-state index contributed by atoms with van der Waals surface area (Å²) in [7, 11) is 0. The van der Waals surface area contributed by atoms with Crippen molar-refractivity contribution in [3.05, 3.63) is 18.1 Å². The van der Waals surface area contributed by atoms with Crippen LogP contribution in [0.1, 0.15) is 37.8 Å². The summed E-state index contributed by atoms with van der Waals surface area (Å²) in [6, 6.07) is 0. The highest BCUT2D eigenvalue weighted by Gasteiger charge is 2.42. The predicted molar refractivity (Wildman–Crippen MR) is 77.5 cm³/mol. The van der Waals surface area contributed by atoms with Crippen molar-refractivity contribution in [3.63, 3.8) is 0 Å². The third-order valence-electron chi connectivity index (χ3n) is 4.86. The van der Waals surface area contributed by atoms with E-state index in [1.165, 1.54) is 0 Å². The predicted octanol–water partition coefficient (Wildman–Crippen LogP) is 1.71. The van der Waals surface area contributed by atoms with Crippen LogP contribution in [0.5, 0.6) is 0 Å². The fourth-order valence-electron chi connectivity index (χ4n) is 3.34. The number of rotatable bonds is 2. The first-order chi connectivity index (χ1) is 10.2. The largest absolute Gasteiger partial charge is 0.342 e. The summed E-state index contributed by atoms with van der Waals surface area (Å²) >= 11 is 0. The summed E-state index contributed by atoms with van der Waals surface area (Å²) < 4.78 is 0. The molecular weight excluding hydrogens is 266 g/mol. The molecule has 6 nitrogen and oxygen atoms in total. The van der Waals surface area contributed by atoms with Crippen LogP contribution in [0.15, 0.2) is 12.4 Å². The molecule has 6 heteroatoms. The van der Waals surface area contributed by atoms with Crippen LogP contribution in [-0.4, -0.2) is 44.1 Å². The Morgan fingerprint density at radius 3 is 2.71 bits per heavy atom. The molecule has 1 saturated carbocycles. The molecule has 0 bridgehead atoms. The van der Waals surface area contributed by atoms with Crippen LogP contribution in [0.4, 0.5) is 0 Å². The van der Waals surface area contributed by atoms with Gasteiger partial charge in [-0.3, -0.25) is 9.89 Å². The maximum atomic E-state index is 12.3. The van der Waals surface area contributed by atoms with Crippen LogP contribution in [0.3, 0.4) is 0 Å². The standard InChI is InChI=1S/C15H19N5O/c1-9-8-11(9)15(21)20-6-2-10(3-7-20)12-13-14(19-18-12)17-5-4-16-13/h4-5,9-11H,2-3,6-8H2,1H3,(H,17,18,19). The average Bonchev–Trinajstić information content (AvgIpc) is 3.10. The summed E-state index contributed by atoms with van der Waals surface area (Å²) in [4.78, 5) is 22.9. The van der Waals surface area contributed by atoms with Gasteiger partial charge in [0.05, 0.1) is 5.69 Å². The molecule has 0 radical (unpaired) electrons. The third kappa shape index (κ3) is 2.18. The van der Waals surface area contributed by atoms with Crippen LogP contribution in [0.25, 0.3) is 11.2 Å². The van der Waals surface area contributed by atoms with Gasteiger partial charge in [-0.15, -0.1) is 0 Å². The Morgan fingerprint density at radius 2 is 2.00 bits per heavy atom. The van der Waals surface area contributed by atoms with E-state index in [0.29, 0.717) is 29.3 Å². The van der Waals surface area contributed by atoms with Crippen molar-refractivity contribution in [2.75, 3.05) is 13.1 Å². The monoisotopic (exact) mass is 285 g/mol. The minimum absolute atomic E-state index is 0.292. The van der Waals surface area contributed by atoms with Gasteiger partial charge in [-0.1, -0.05) is 6.92 Å². The Bertz CT molecular complexity index is 674. The van der Waals surface area contributed by atoms with Gasteiger partial charge in [0.25, 0.3) is 0 Å². The number of fused-ring (bicyclic) bond motifs is 1. The fourth-order valence-corrected chi connectivity index (χ4v) is 3.34. The summed E-state index contributed by atoms with van der Waals surface area (Å²) in [5, 5.41) is 7.31. The average molecular weight is 285 g/mol. The van der Waals surface area contributed by atoms with Crippen LogP contribution < -0.4 is 0 Å². The smallest absolute Gasteiger partial charge is 0.225 e. The molecule has 1 aliphatic carbocycles. The third-order valence-corrected chi connectivity index (χ3v) is 4.86. The zero-order valence-corrected chi connectivity index (χ0v) is 12.1. The van der Waals surface area contributed by atoms with Crippen molar-refractivity contribution < 1.29 is 4.79 Å². The number of nitrogens with one attached hydrogen (secondary N) is 1. The number of H-pyrrole nitrogens is 1. The van der Waals surface area contributed by atoms with E-state index in [9.17, 15) is 4.79 Å². The first-order valence-corrected chi connectivity index (χ1v) is 7.68. The second-order valence-corrected chi connectivity index (χ2v) is 6.28. The van der Waals surface area contributed by atoms with Gasteiger partial charge in [0.2, 0.25) is 5.91 Å². The van der Waals surface area contributed by atoms with Crippen LogP contribution >= 0.6 is 0 Å². The Hall–Kier alpha value is -1.98. The lowest BCUT2D eigenvalue weighted by Gasteiger charge is -2.31. The highest BCUT2D eigenvalue weighted by atomic mass is 16.2. The normalized spacial score (nSPS) is 26.2. The zero-order chi connectivity index (χ0) is 14.4. The van der Waals surface area contributed by atoms with Gasteiger partial charge in [-0.2, -0.15) is 5.10 Å². The number of carbonyl (C=O) groups is 1. The van der Waals surface area contributed by atoms with E-state index in [0.717, 1.165) is 43.6 Å². The van der Waals surface area contributed by atoms with Gasteiger partial charge in [0, 0.05) is 37.3 Å². The molecule has 1 saturated heterocycles. The maximum Gasteiger partial charge on any atom is 0.225 e. The number of nitrogens with zero attached hydrogens (tertiary/aromatic N) is 4. The lowest BCUT2D eigenvalue weighted by Crippen LogP contribution is -2.39. The molecule has 21 heavy (non-hydrogen) atoms. The van der Waals surface area contributed by atoms with E-state index in [1.807, 2.05) is 4.90 Å². The van der Waals surface area contributed by atoms with E-state index in [4.69, 9.17) is 0 Å². The number of piperidine rings is 1. The molecule has 2 atom stereocenters. The molecule has 1 N–H and O–H groups in total. The summed E-state index contributed by atoms with van der Waals surface area (Å²) in [5.74, 6) is 1.63. The zero-order valence-electron chi connectivity index (χ0n) is 12.1. The van der Waals surface area contributed by atoms with Gasteiger partial charge >= 0.3 is 0 Å². The number of aromatic nitrogens is 4. The summed E-state index contributed by atoms with van der Waals surface area (Å²) in [6.07, 6.45) is 6.38. The van der Waals surface area contributed by atoms with Crippen molar-refractivity contribution in [2.24, 2.45) is 11.8 Å². The van der Waals surface area contributed by atoms with Gasteiger partial charge in [0.15, 0.2) is 5.65 Å². The summed E-state index contributed by atoms with van der Waals surface area (Å²) in [5.41, 5.74) is 2.63. The maximum absolute atomic E-state index is 12.3. The van der Waals surface area contributed by atoms with Crippen molar-refractivity contribution in [3.8, 4) is 0 Å². The molecular formula is C15H19N5O. The molecule has 3 heterocycles. The van der Waals surface area contributed by atoms with Crippen molar-refractivity contribution >= 4 is 17.1 Å². The molecule has 2 unspecified atom stereocenters. The minimum atomic E-state index is 0.292. The number of carbonyl (C=O) groups excluding carboxylic acids is 1. The van der Waals surface area contributed by atoms with Gasteiger partial charge < -0.3 is 4.90 Å².